The monoisotopic (exact) mass is 320 g/mol. The number of anilines is 1. The van der Waals surface area contributed by atoms with Crippen LogP contribution in [0.1, 0.15) is 43.9 Å². The van der Waals surface area contributed by atoms with Gasteiger partial charge in [-0.3, -0.25) is 0 Å². The Morgan fingerprint density at radius 2 is 1.46 bits per heavy atom. The highest BCUT2D eigenvalue weighted by molar-refractivity contribution is 5.62. The second kappa shape index (κ2) is 6.51. The average molecular weight is 320 g/mol. The normalized spacial score (nSPS) is 18.8. The number of nitrogens with zero attached hydrogens (tertiary/aromatic N) is 2. The molecule has 2 nitrogen and oxygen atoms in total. The van der Waals surface area contributed by atoms with E-state index in [1.54, 1.807) is 0 Å². The van der Waals surface area contributed by atoms with Crippen LogP contribution in [-0.2, 0) is 0 Å². The van der Waals surface area contributed by atoms with Crippen LogP contribution in [0.2, 0.25) is 0 Å². The predicted molar refractivity (Wildman–Crippen MR) is 103 cm³/mol. The number of aryl methyl sites for hydroxylation is 3. The van der Waals surface area contributed by atoms with E-state index in [9.17, 15) is 0 Å². The molecule has 2 radical (unpaired) electrons. The molecular weight excluding hydrogens is 292 g/mol. The van der Waals surface area contributed by atoms with Gasteiger partial charge in [0.25, 0.3) is 0 Å². The maximum Gasteiger partial charge on any atom is 0.208 e. The molecule has 1 aromatic rings. The Bertz CT molecular complexity index is 726. The topological polar surface area (TPSA) is 6.48 Å². The van der Waals surface area contributed by atoms with Crippen LogP contribution in [0.5, 0.6) is 0 Å². The molecule has 0 atom stereocenters. The van der Waals surface area contributed by atoms with Crippen molar-refractivity contribution in [2.24, 2.45) is 0 Å². The first-order valence-corrected chi connectivity index (χ1v) is 8.79. The third-order valence-electron chi connectivity index (χ3n) is 4.84. The van der Waals surface area contributed by atoms with Gasteiger partial charge in [-0.1, -0.05) is 41.0 Å². The van der Waals surface area contributed by atoms with Crippen LogP contribution >= 0.6 is 0 Å². The van der Waals surface area contributed by atoms with Crippen molar-refractivity contribution in [3.05, 3.63) is 70.1 Å². The summed E-state index contributed by atoms with van der Waals surface area (Å²) in [7, 11) is 0. The molecule has 1 aliphatic carbocycles. The van der Waals surface area contributed by atoms with E-state index in [1.165, 1.54) is 44.8 Å². The molecule has 1 aliphatic heterocycles. The van der Waals surface area contributed by atoms with Crippen LogP contribution in [0, 0.1) is 27.4 Å². The van der Waals surface area contributed by atoms with Gasteiger partial charge < -0.3 is 9.80 Å². The van der Waals surface area contributed by atoms with Crippen LogP contribution in [0.4, 0.5) is 5.69 Å². The standard InChI is InChI=1S/C22H28N2/c1-15-9-16(2)13-21(18(4)10-15)23-7-8-24(14-23)22-19(5)11-17(3)12-20(22)6/h9-12H,7-8,13H2,1-6H3. The summed E-state index contributed by atoms with van der Waals surface area (Å²) < 4.78 is 0. The molecule has 0 saturated carbocycles. The van der Waals surface area contributed by atoms with Crippen molar-refractivity contribution in [3.8, 4) is 0 Å². The quantitative estimate of drug-likeness (QED) is 0.729. The fourth-order valence-corrected chi connectivity index (χ4v) is 4.02. The van der Waals surface area contributed by atoms with E-state index in [4.69, 9.17) is 0 Å². The molecule has 2 heteroatoms. The lowest BCUT2D eigenvalue weighted by Crippen LogP contribution is -2.21. The highest BCUT2D eigenvalue weighted by Crippen LogP contribution is 2.34. The summed E-state index contributed by atoms with van der Waals surface area (Å²) in [6.45, 7) is 18.8. The van der Waals surface area contributed by atoms with E-state index in [2.05, 4.69) is 82.3 Å². The van der Waals surface area contributed by atoms with Gasteiger partial charge in [0.1, 0.15) is 0 Å². The molecule has 1 fully saturated rings. The number of rotatable bonds is 2. The fourth-order valence-electron chi connectivity index (χ4n) is 4.02. The van der Waals surface area contributed by atoms with Gasteiger partial charge in [0.15, 0.2) is 0 Å². The molecule has 0 aromatic heterocycles. The molecule has 0 spiro atoms. The van der Waals surface area contributed by atoms with Gasteiger partial charge in [-0.15, -0.1) is 0 Å². The Labute approximate surface area is 147 Å². The first-order chi connectivity index (χ1) is 11.3. The van der Waals surface area contributed by atoms with Crippen LogP contribution in [-0.4, -0.2) is 18.0 Å². The average Bonchev–Trinajstić information content (AvgIpc) is 2.87. The Balaban J connectivity index is 1.86. The van der Waals surface area contributed by atoms with Gasteiger partial charge >= 0.3 is 0 Å². The van der Waals surface area contributed by atoms with Gasteiger partial charge in [0, 0.05) is 30.9 Å². The van der Waals surface area contributed by atoms with Crippen molar-refractivity contribution in [1.82, 2.24) is 4.90 Å². The lowest BCUT2D eigenvalue weighted by atomic mass is 10.0. The van der Waals surface area contributed by atoms with Crippen molar-refractivity contribution in [2.75, 3.05) is 18.0 Å². The lowest BCUT2D eigenvalue weighted by molar-refractivity contribution is 0.470. The van der Waals surface area contributed by atoms with E-state index in [-0.39, 0.29) is 0 Å². The van der Waals surface area contributed by atoms with Gasteiger partial charge in [-0.25, -0.2) is 0 Å². The van der Waals surface area contributed by atoms with Crippen LogP contribution in [0.3, 0.4) is 0 Å². The molecule has 0 amide bonds. The third-order valence-corrected chi connectivity index (χ3v) is 4.84. The minimum Gasteiger partial charge on any atom is -0.342 e. The summed E-state index contributed by atoms with van der Waals surface area (Å²) in [5.74, 6) is 0. The van der Waals surface area contributed by atoms with Gasteiger partial charge in [-0.05, 0) is 58.2 Å². The molecule has 3 rings (SSSR count). The number of benzene rings is 1. The van der Waals surface area contributed by atoms with Crippen molar-refractivity contribution in [2.45, 2.75) is 48.0 Å². The molecule has 0 unspecified atom stereocenters. The molecule has 2 aliphatic rings. The number of allylic oxidation sites excluding steroid dienone is 5. The first-order valence-electron chi connectivity index (χ1n) is 8.79. The molecule has 24 heavy (non-hydrogen) atoms. The zero-order valence-electron chi connectivity index (χ0n) is 15.8. The molecule has 0 N–H and O–H groups in total. The molecule has 1 heterocycles. The van der Waals surface area contributed by atoms with E-state index < -0.39 is 0 Å². The first kappa shape index (κ1) is 16.9. The maximum absolute atomic E-state index is 3.62. The van der Waals surface area contributed by atoms with E-state index >= 15 is 0 Å². The molecule has 126 valence electrons. The SMILES string of the molecule is CC1=CC(C)=C(N2[C]N(c3c(C)cc(C)cc3C)CC2)CC(C)=C1. The van der Waals surface area contributed by atoms with E-state index in [1.807, 2.05) is 0 Å². The zero-order chi connectivity index (χ0) is 17.4. The predicted octanol–water partition coefficient (Wildman–Crippen LogP) is 5.30. The molecule has 1 aromatic carbocycles. The molecule has 0 bridgehead atoms. The summed E-state index contributed by atoms with van der Waals surface area (Å²) in [4.78, 5) is 4.62. The highest BCUT2D eigenvalue weighted by atomic mass is 15.4. The maximum atomic E-state index is 3.62. The minimum atomic E-state index is 0.993. The zero-order valence-corrected chi connectivity index (χ0v) is 15.8. The second-order valence-electron chi connectivity index (χ2n) is 7.34. The lowest BCUT2D eigenvalue weighted by Gasteiger charge is -2.25. The van der Waals surface area contributed by atoms with E-state index in [0.29, 0.717) is 0 Å². The molecular formula is C22H28N2. The number of hydrogen-bond acceptors (Lipinski definition) is 2. The largest absolute Gasteiger partial charge is 0.342 e. The van der Waals surface area contributed by atoms with Crippen molar-refractivity contribution in [1.29, 1.82) is 0 Å². The number of hydrogen-bond donors (Lipinski definition) is 0. The van der Waals surface area contributed by atoms with Crippen molar-refractivity contribution >= 4 is 5.69 Å². The van der Waals surface area contributed by atoms with Gasteiger partial charge in [0.2, 0.25) is 6.67 Å². The molecule has 1 saturated heterocycles. The van der Waals surface area contributed by atoms with Gasteiger partial charge in [0.05, 0.1) is 0 Å². The highest BCUT2D eigenvalue weighted by Gasteiger charge is 2.27. The minimum absolute atomic E-state index is 0.993. The smallest absolute Gasteiger partial charge is 0.208 e. The summed E-state index contributed by atoms with van der Waals surface area (Å²) >= 11 is 0. The Kier molecular flexibility index (Phi) is 4.58. The van der Waals surface area contributed by atoms with Crippen molar-refractivity contribution < 1.29 is 0 Å². The van der Waals surface area contributed by atoms with Crippen LogP contribution in [0.25, 0.3) is 0 Å². The summed E-state index contributed by atoms with van der Waals surface area (Å²) in [5, 5.41) is 0. The van der Waals surface area contributed by atoms with Gasteiger partial charge in [-0.2, -0.15) is 0 Å². The summed E-state index contributed by atoms with van der Waals surface area (Å²) in [5.41, 5.74) is 10.8. The van der Waals surface area contributed by atoms with Crippen LogP contribution in [0.15, 0.2) is 46.7 Å². The summed E-state index contributed by atoms with van der Waals surface area (Å²) in [6.07, 6.45) is 5.59. The van der Waals surface area contributed by atoms with Crippen LogP contribution < -0.4 is 4.90 Å². The van der Waals surface area contributed by atoms with E-state index in [0.717, 1.165) is 19.5 Å². The Morgan fingerprint density at radius 1 is 0.833 bits per heavy atom. The third kappa shape index (κ3) is 3.28. The summed E-state index contributed by atoms with van der Waals surface area (Å²) in [6, 6.07) is 4.53. The van der Waals surface area contributed by atoms with Crippen molar-refractivity contribution in [3.63, 3.8) is 0 Å². The Hall–Kier alpha value is -1.96. The second-order valence-corrected chi connectivity index (χ2v) is 7.34. The fraction of sp³-hybridized carbons (Fsp3) is 0.409. The Morgan fingerprint density at radius 3 is 2.12 bits per heavy atom.